The number of rotatable bonds is 6. The first kappa shape index (κ1) is 17.5. The predicted molar refractivity (Wildman–Crippen MR) is 94.9 cm³/mol. The molecule has 0 fully saturated rings. The standard InChI is InChI=1S/C18H20BrFN2O/c1-3-22(16-7-5-4-6-8-16)13-18(23)21(2)12-14-11-15(19)9-10-17(14)20/h4-11H,3,12-13H2,1-2H3. The van der Waals surface area contributed by atoms with Crippen LogP contribution in [0.3, 0.4) is 0 Å². The van der Waals surface area contributed by atoms with Gasteiger partial charge in [0.25, 0.3) is 0 Å². The summed E-state index contributed by atoms with van der Waals surface area (Å²) in [5.41, 5.74) is 1.50. The number of nitrogens with zero attached hydrogens (tertiary/aromatic N) is 2. The van der Waals surface area contributed by atoms with E-state index >= 15 is 0 Å². The highest BCUT2D eigenvalue weighted by Gasteiger charge is 2.15. The van der Waals surface area contributed by atoms with Crippen molar-refractivity contribution in [3.63, 3.8) is 0 Å². The van der Waals surface area contributed by atoms with Crippen molar-refractivity contribution in [2.45, 2.75) is 13.5 Å². The molecule has 23 heavy (non-hydrogen) atoms. The summed E-state index contributed by atoms with van der Waals surface area (Å²) in [5.74, 6) is -0.349. The fourth-order valence-electron chi connectivity index (χ4n) is 2.32. The van der Waals surface area contributed by atoms with Gasteiger partial charge in [0, 0.05) is 35.9 Å². The molecule has 0 N–H and O–H groups in total. The number of hydrogen-bond acceptors (Lipinski definition) is 2. The number of benzene rings is 2. The molecule has 0 aliphatic heterocycles. The molecule has 2 aromatic rings. The van der Waals surface area contributed by atoms with Crippen molar-refractivity contribution in [3.8, 4) is 0 Å². The van der Waals surface area contributed by atoms with Crippen LogP contribution < -0.4 is 4.90 Å². The number of hydrogen-bond donors (Lipinski definition) is 0. The number of para-hydroxylation sites is 1. The van der Waals surface area contributed by atoms with Gasteiger partial charge in [0.1, 0.15) is 5.82 Å². The van der Waals surface area contributed by atoms with Crippen molar-refractivity contribution < 1.29 is 9.18 Å². The summed E-state index contributed by atoms with van der Waals surface area (Å²) in [5, 5.41) is 0. The van der Waals surface area contributed by atoms with Crippen molar-refractivity contribution in [2.24, 2.45) is 0 Å². The third-order valence-electron chi connectivity index (χ3n) is 3.67. The number of carbonyl (C=O) groups is 1. The van der Waals surface area contributed by atoms with Gasteiger partial charge in [0.05, 0.1) is 6.54 Å². The molecule has 0 aliphatic rings. The third kappa shape index (κ3) is 4.79. The fourth-order valence-corrected chi connectivity index (χ4v) is 2.73. The molecule has 0 aliphatic carbocycles. The van der Waals surface area contributed by atoms with Crippen LogP contribution in [0.2, 0.25) is 0 Å². The Kier molecular flexibility index (Phi) is 6.16. The van der Waals surface area contributed by atoms with E-state index in [4.69, 9.17) is 0 Å². The van der Waals surface area contributed by atoms with Gasteiger partial charge in [-0.2, -0.15) is 0 Å². The molecule has 0 atom stereocenters. The van der Waals surface area contributed by atoms with E-state index in [0.29, 0.717) is 5.56 Å². The zero-order valence-electron chi connectivity index (χ0n) is 13.3. The van der Waals surface area contributed by atoms with Crippen LogP contribution in [0.1, 0.15) is 12.5 Å². The Morgan fingerprint density at radius 2 is 1.87 bits per heavy atom. The Labute approximate surface area is 144 Å². The number of halogens is 2. The molecule has 0 saturated carbocycles. The third-order valence-corrected chi connectivity index (χ3v) is 4.16. The topological polar surface area (TPSA) is 23.6 Å². The average molecular weight is 379 g/mol. The molecule has 0 radical (unpaired) electrons. The number of anilines is 1. The summed E-state index contributed by atoms with van der Waals surface area (Å²) in [6.45, 7) is 3.26. The normalized spacial score (nSPS) is 10.4. The lowest BCUT2D eigenvalue weighted by Crippen LogP contribution is -2.38. The molecule has 0 heterocycles. The summed E-state index contributed by atoms with van der Waals surface area (Å²) >= 11 is 3.33. The summed E-state index contributed by atoms with van der Waals surface area (Å²) in [6.07, 6.45) is 0. The molecule has 122 valence electrons. The van der Waals surface area contributed by atoms with Gasteiger partial charge in [-0.3, -0.25) is 4.79 Å². The summed E-state index contributed by atoms with van der Waals surface area (Å²) < 4.78 is 14.6. The quantitative estimate of drug-likeness (QED) is 0.756. The van der Waals surface area contributed by atoms with Crippen molar-refractivity contribution in [2.75, 3.05) is 25.0 Å². The molecule has 0 unspecified atom stereocenters. The predicted octanol–water partition coefficient (Wildman–Crippen LogP) is 4.07. The highest BCUT2D eigenvalue weighted by atomic mass is 79.9. The molecule has 2 aromatic carbocycles. The van der Waals surface area contributed by atoms with Crippen LogP contribution in [0.15, 0.2) is 53.0 Å². The molecule has 1 amide bonds. The average Bonchev–Trinajstić information content (AvgIpc) is 2.56. The lowest BCUT2D eigenvalue weighted by Gasteiger charge is -2.26. The van der Waals surface area contributed by atoms with Crippen LogP contribution in [0.25, 0.3) is 0 Å². The van der Waals surface area contributed by atoms with Gasteiger partial charge in [-0.25, -0.2) is 4.39 Å². The monoisotopic (exact) mass is 378 g/mol. The molecule has 0 bridgehead atoms. The van der Waals surface area contributed by atoms with Gasteiger partial charge in [-0.1, -0.05) is 34.1 Å². The van der Waals surface area contributed by atoms with Crippen molar-refractivity contribution in [1.82, 2.24) is 4.90 Å². The van der Waals surface area contributed by atoms with E-state index in [0.717, 1.165) is 16.7 Å². The smallest absolute Gasteiger partial charge is 0.242 e. The van der Waals surface area contributed by atoms with E-state index in [9.17, 15) is 9.18 Å². The van der Waals surface area contributed by atoms with E-state index in [1.165, 1.54) is 6.07 Å². The van der Waals surface area contributed by atoms with Crippen LogP contribution in [0.4, 0.5) is 10.1 Å². The molecular formula is C18H20BrFN2O. The molecule has 5 heteroatoms. The maximum Gasteiger partial charge on any atom is 0.242 e. The largest absolute Gasteiger partial charge is 0.362 e. The maximum atomic E-state index is 13.8. The second-order valence-corrected chi connectivity index (χ2v) is 6.25. The van der Waals surface area contributed by atoms with Gasteiger partial charge >= 0.3 is 0 Å². The van der Waals surface area contributed by atoms with Crippen molar-refractivity contribution in [1.29, 1.82) is 0 Å². The van der Waals surface area contributed by atoms with Crippen LogP contribution >= 0.6 is 15.9 Å². The lowest BCUT2D eigenvalue weighted by atomic mass is 10.2. The summed E-state index contributed by atoms with van der Waals surface area (Å²) in [6, 6.07) is 14.5. The highest BCUT2D eigenvalue weighted by Crippen LogP contribution is 2.17. The maximum absolute atomic E-state index is 13.8. The van der Waals surface area contributed by atoms with Crippen LogP contribution in [0, 0.1) is 5.82 Å². The van der Waals surface area contributed by atoms with Gasteiger partial charge in [0.15, 0.2) is 0 Å². The zero-order chi connectivity index (χ0) is 16.8. The Morgan fingerprint density at radius 1 is 1.17 bits per heavy atom. The SMILES string of the molecule is CCN(CC(=O)N(C)Cc1cc(Br)ccc1F)c1ccccc1. The molecule has 0 aromatic heterocycles. The van der Waals surface area contributed by atoms with Crippen LogP contribution in [-0.4, -0.2) is 30.9 Å². The second kappa shape index (κ2) is 8.11. The summed E-state index contributed by atoms with van der Waals surface area (Å²) in [4.78, 5) is 16.0. The van der Waals surface area contributed by atoms with Crippen LogP contribution in [0.5, 0.6) is 0 Å². The fraction of sp³-hybridized carbons (Fsp3) is 0.278. The summed E-state index contributed by atoms with van der Waals surface area (Å²) in [7, 11) is 1.70. The first-order valence-corrected chi connectivity index (χ1v) is 8.28. The second-order valence-electron chi connectivity index (χ2n) is 5.34. The van der Waals surface area contributed by atoms with E-state index in [1.807, 2.05) is 42.2 Å². The van der Waals surface area contributed by atoms with E-state index < -0.39 is 0 Å². The van der Waals surface area contributed by atoms with Gasteiger partial charge in [-0.05, 0) is 37.3 Å². The number of likely N-dealkylation sites (N-methyl/N-ethyl adjacent to an activating group) is 2. The minimum absolute atomic E-state index is 0.0462. The Hall–Kier alpha value is -1.88. The number of carbonyl (C=O) groups excluding carboxylic acids is 1. The minimum Gasteiger partial charge on any atom is -0.362 e. The Balaban J connectivity index is 2.03. The Bertz CT molecular complexity index is 663. The van der Waals surface area contributed by atoms with Crippen LogP contribution in [-0.2, 0) is 11.3 Å². The van der Waals surface area contributed by atoms with E-state index in [1.54, 1.807) is 24.1 Å². The number of amides is 1. The first-order valence-electron chi connectivity index (χ1n) is 7.49. The van der Waals surface area contributed by atoms with Gasteiger partial charge in [-0.15, -0.1) is 0 Å². The Morgan fingerprint density at radius 3 is 2.52 bits per heavy atom. The van der Waals surface area contributed by atoms with Gasteiger partial charge < -0.3 is 9.80 Å². The van der Waals surface area contributed by atoms with Crippen molar-refractivity contribution in [3.05, 3.63) is 64.4 Å². The lowest BCUT2D eigenvalue weighted by molar-refractivity contribution is -0.129. The molecule has 0 saturated heterocycles. The highest BCUT2D eigenvalue weighted by molar-refractivity contribution is 9.10. The van der Waals surface area contributed by atoms with E-state index in [2.05, 4.69) is 15.9 Å². The molecule has 0 spiro atoms. The molecule has 2 rings (SSSR count). The van der Waals surface area contributed by atoms with E-state index in [-0.39, 0.29) is 24.8 Å². The molecule has 3 nitrogen and oxygen atoms in total. The zero-order valence-corrected chi connectivity index (χ0v) is 14.9. The van der Waals surface area contributed by atoms with Crippen molar-refractivity contribution >= 4 is 27.5 Å². The minimum atomic E-state index is -0.303. The van der Waals surface area contributed by atoms with Gasteiger partial charge in [0.2, 0.25) is 5.91 Å². The molecular weight excluding hydrogens is 359 g/mol. The first-order chi connectivity index (χ1) is 11.0.